The number of carbonyl (C=O) groups is 1. The van der Waals surface area contributed by atoms with Crippen molar-refractivity contribution >= 4 is 22.2 Å². The van der Waals surface area contributed by atoms with Gasteiger partial charge in [-0.25, -0.2) is 5.43 Å². The molecule has 12 heteroatoms. The van der Waals surface area contributed by atoms with Crippen molar-refractivity contribution in [2.45, 2.75) is 17.5 Å². The van der Waals surface area contributed by atoms with E-state index >= 15 is 0 Å². The van der Waals surface area contributed by atoms with Crippen LogP contribution in [0.1, 0.15) is 16.7 Å². The lowest BCUT2D eigenvalue weighted by molar-refractivity contribution is -0.137. The minimum atomic E-state index is -4.60. The predicted molar refractivity (Wildman–Crippen MR) is 116 cm³/mol. The highest BCUT2D eigenvalue weighted by molar-refractivity contribution is 7.87. The van der Waals surface area contributed by atoms with Crippen LogP contribution in [0.2, 0.25) is 0 Å². The topological polar surface area (TPSA) is 107 Å². The molecule has 2 aromatic carbocycles. The number of ether oxygens (including phenoxy) is 1. The summed E-state index contributed by atoms with van der Waals surface area (Å²) in [4.78, 5) is 15.4. The van der Waals surface area contributed by atoms with Crippen molar-refractivity contribution in [3.63, 3.8) is 0 Å². The largest absolute Gasteiger partial charge is 0.497 e. The molecule has 0 saturated heterocycles. The number of hydrazone groups is 1. The molecule has 1 heterocycles. The average Bonchev–Trinajstić information content (AvgIpc) is 2.79. The van der Waals surface area contributed by atoms with Gasteiger partial charge in [0.25, 0.3) is 0 Å². The van der Waals surface area contributed by atoms with Crippen LogP contribution in [0.5, 0.6) is 11.5 Å². The lowest BCUT2D eigenvalue weighted by Crippen LogP contribution is -2.20. The Hall–Kier alpha value is -3.93. The van der Waals surface area contributed by atoms with Crippen LogP contribution in [0.15, 0.2) is 77.0 Å². The number of halogens is 3. The number of alkyl halides is 3. The number of amides is 1. The first-order valence-corrected chi connectivity index (χ1v) is 11.0. The molecule has 1 amide bonds. The summed E-state index contributed by atoms with van der Waals surface area (Å²) in [6.07, 6.45) is -0.982. The molecule has 0 atom stereocenters. The second-order valence-electron chi connectivity index (χ2n) is 6.79. The van der Waals surface area contributed by atoms with Gasteiger partial charge in [-0.1, -0.05) is 12.1 Å². The first-order chi connectivity index (χ1) is 16.1. The maximum Gasteiger partial charge on any atom is 0.416 e. The van der Waals surface area contributed by atoms with E-state index in [-0.39, 0.29) is 17.7 Å². The van der Waals surface area contributed by atoms with E-state index in [1.165, 1.54) is 19.4 Å². The van der Waals surface area contributed by atoms with Crippen LogP contribution in [0.25, 0.3) is 0 Å². The van der Waals surface area contributed by atoms with Crippen LogP contribution >= 0.6 is 0 Å². The second-order valence-corrected chi connectivity index (χ2v) is 8.34. The Kier molecular flexibility index (Phi) is 7.51. The van der Waals surface area contributed by atoms with E-state index in [2.05, 4.69) is 15.5 Å². The zero-order valence-corrected chi connectivity index (χ0v) is 18.4. The van der Waals surface area contributed by atoms with Crippen molar-refractivity contribution in [2.24, 2.45) is 5.10 Å². The number of methoxy groups -OCH3 is 1. The first-order valence-electron chi connectivity index (χ1n) is 9.59. The number of hydrogen-bond donors (Lipinski definition) is 1. The van der Waals surface area contributed by atoms with Gasteiger partial charge in [-0.15, -0.1) is 0 Å². The molecule has 0 aliphatic heterocycles. The molecule has 0 aliphatic rings. The number of hydrogen-bond acceptors (Lipinski definition) is 7. The number of benzene rings is 2. The summed E-state index contributed by atoms with van der Waals surface area (Å²) in [5, 5.41) is 3.80. The Morgan fingerprint density at radius 1 is 1.15 bits per heavy atom. The van der Waals surface area contributed by atoms with E-state index in [1.54, 1.807) is 24.3 Å². The van der Waals surface area contributed by atoms with E-state index in [4.69, 9.17) is 8.92 Å². The van der Waals surface area contributed by atoms with Crippen molar-refractivity contribution in [2.75, 3.05) is 7.11 Å². The molecule has 0 saturated carbocycles. The van der Waals surface area contributed by atoms with Crippen molar-refractivity contribution < 1.29 is 35.3 Å². The minimum absolute atomic E-state index is 0.0243. The van der Waals surface area contributed by atoms with Crippen LogP contribution < -0.4 is 14.3 Å². The molecule has 0 unspecified atom stereocenters. The Morgan fingerprint density at radius 2 is 1.88 bits per heavy atom. The molecule has 0 fully saturated rings. The number of rotatable bonds is 8. The smallest absolute Gasteiger partial charge is 0.416 e. The molecule has 1 aromatic heterocycles. The van der Waals surface area contributed by atoms with Crippen LogP contribution in [-0.2, 0) is 27.5 Å². The summed E-state index contributed by atoms with van der Waals surface area (Å²) < 4.78 is 73.3. The molecular formula is C22H18F3N3O5S. The van der Waals surface area contributed by atoms with E-state index in [0.717, 1.165) is 24.5 Å². The van der Waals surface area contributed by atoms with Crippen molar-refractivity contribution in [3.05, 3.63) is 83.7 Å². The van der Waals surface area contributed by atoms with Crippen LogP contribution in [0.4, 0.5) is 13.2 Å². The average molecular weight is 493 g/mol. The highest BCUT2D eigenvalue weighted by Gasteiger charge is 2.31. The SMILES string of the molecule is COc1cccc(CC(=O)N/N=C/c2ccncc2OS(=O)(=O)c2ccc(C(F)(F)F)cc2)c1. The van der Waals surface area contributed by atoms with Crippen molar-refractivity contribution in [1.82, 2.24) is 10.4 Å². The Bertz CT molecular complexity index is 1290. The van der Waals surface area contributed by atoms with E-state index in [1.807, 2.05) is 0 Å². The molecule has 178 valence electrons. The fourth-order valence-corrected chi connectivity index (χ4v) is 3.67. The number of carbonyl (C=O) groups excluding carboxylic acids is 1. The zero-order valence-electron chi connectivity index (χ0n) is 17.6. The third-order valence-corrected chi connectivity index (χ3v) is 5.63. The summed E-state index contributed by atoms with van der Waals surface area (Å²) in [7, 11) is -2.95. The summed E-state index contributed by atoms with van der Waals surface area (Å²) in [6.45, 7) is 0. The molecule has 8 nitrogen and oxygen atoms in total. The molecule has 3 rings (SSSR count). The Labute approximate surface area is 193 Å². The minimum Gasteiger partial charge on any atom is -0.497 e. The summed E-state index contributed by atoms with van der Waals surface area (Å²) in [6, 6.07) is 11.2. The predicted octanol–water partition coefficient (Wildman–Crippen LogP) is 3.57. The van der Waals surface area contributed by atoms with Gasteiger partial charge in [-0.3, -0.25) is 9.78 Å². The molecule has 0 bridgehead atoms. The number of nitrogens with zero attached hydrogens (tertiary/aromatic N) is 2. The van der Waals surface area contributed by atoms with E-state index < -0.39 is 32.7 Å². The Morgan fingerprint density at radius 3 is 2.56 bits per heavy atom. The molecule has 3 aromatic rings. The highest BCUT2D eigenvalue weighted by atomic mass is 32.2. The molecule has 34 heavy (non-hydrogen) atoms. The van der Waals surface area contributed by atoms with Gasteiger partial charge in [0.2, 0.25) is 5.91 Å². The molecule has 1 N–H and O–H groups in total. The summed E-state index contributed by atoms with van der Waals surface area (Å²) >= 11 is 0. The fraction of sp³-hybridized carbons (Fsp3) is 0.136. The fourth-order valence-electron chi connectivity index (χ4n) is 2.73. The van der Waals surface area contributed by atoms with Gasteiger partial charge in [0.1, 0.15) is 10.6 Å². The second kappa shape index (κ2) is 10.3. The Balaban J connectivity index is 1.69. The van der Waals surface area contributed by atoms with Gasteiger partial charge < -0.3 is 8.92 Å². The van der Waals surface area contributed by atoms with Gasteiger partial charge in [-0.2, -0.15) is 26.7 Å². The van der Waals surface area contributed by atoms with Gasteiger partial charge in [-0.05, 0) is 48.0 Å². The molecule has 0 aliphatic carbocycles. The highest BCUT2D eigenvalue weighted by Crippen LogP contribution is 2.30. The normalized spacial score (nSPS) is 11.9. The van der Waals surface area contributed by atoms with Crippen molar-refractivity contribution in [1.29, 1.82) is 0 Å². The molecular weight excluding hydrogens is 475 g/mol. The number of nitrogens with one attached hydrogen (secondary N) is 1. The molecule has 0 spiro atoms. The lowest BCUT2D eigenvalue weighted by Gasteiger charge is -2.10. The quantitative estimate of drug-likeness (QED) is 0.292. The summed E-state index contributed by atoms with van der Waals surface area (Å²) in [5.74, 6) is -0.0618. The van der Waals surface area contributed by atoms with Gasteiger partial charge in [0, 0.05) is 11.8 Å². The number of aromatic nitrogens is 1. The first kappa shape index (κ1) is 24.7. The number of pyridine rings is 1. The van der Waals surface area contributed by atoms with Crippen LogP contribution in [-0.4, -0.2) is 32.6 Å². The third kappa shape index (κ3) is 6.54. The maximum atomic E-state index is 12.7. The van der Waals surface area contributed by atoms with Crippen molar-refractivity contribution in [3.8, 4) is 11.5 Å². The maximum absolute atomic E-state index is 12.7. The van der Waals surface area contributed by atoms with E-state index in [9.17, 15) is 26.4 Å². The van der Waals surface area contributed by atoms with Crippen LogP contribution in [0.3, 0.4) is 0 Å². The van der Waals surface area contributed by atoms with Gasteiger partial charge >= 0.3 is 16.3 Å². The summed E-state index contributed by atoms with van der Waals surface area (Å²) in [5.41, 5.74) is 2.18. The zero-order chi connectivity index (χ0) is 24.8. The third-order valence-electron chi connectivity index (χ3n) is 4.38. The standard InChI is InChI=1S/C22H18F3N3O5S/c1-32-18-4-2-3-15(11-18)12-21(29)28-27-13-16-9-10-26-14-20(16)33-34(30,31)19-7-5-17(6-8-19)22(23,24)25/h2-11,13-14H,12H2,1H3,(H,28,29)/b27-13+. The van der Waals surface area contributed by atoms with Gasteiger partial charge in [0.05, 0.1) is 31.5 Å². The van der Waals surface area contributed by atoms with Gasteiger partial charge in [0.15, 0.2) is 5.75 Å². The van der Waals surface area contributed by atoms with E-state index in [0.29, 0.717) is 23.4 Å². The lowest BCUT2D eigenvalue weighted by atomic mass is 10.1. The molecule has 0 radical (unpaired) electrons. The van der Waals surface area contributed by atoms with Crippen LogP contribution in [0, 0.1) is 0 Å². The monoisotopic (exact) mass is 493 g/mol.